The van der Waals surface area contributed by atoms with Crippen molar-refractivity contribution in [1.29, 1.82) is 0 Å². The van der Waals surface area contributed by atoms with Gasteiger partial charge in [-0.3, -0.25) is 14.3 Å². The van der Waals surface area contributed by atoms with Crippen LogP contribution in [0.25, 0.3) is 5.69 Å². The Morgan fingerprint density at radius 2 is 1.97 bits per heavy atom. The van der Waals surface area contributed by atoms with Crippen LogP contribution in [0.2, 0.25) is 0 Å². The Morgan fingerprint density at radius 3 is 2.72 bits per heavy atom. The zero-order chi connectivity index (χ0) is 19.9. The minimum atomic E-state index is 0.00527. The van der Waals surface area contributed by atoms with E-state index in [0.29, 0.717) is 12.3 Å². The Labute approximate surface area is 176 Å². The van der Waals surface area contributed by atoms with Crippen LogP contribution in [0.15, 0.2) is 35.5 Å². The highest BCUT2D eigenvalue weighted by molar-refractivity contribution is 7.99. The molecule has 2 fully saturated rings. The van der Waals surface area contributed by atoms with E-state index in [1.165, 1.54) is 31.0 Å². The molecule has 1 atom stereocenters. The SMILES string of the molecule is O=C(CSc1nnc(CN2CCCCC2)n1-c1ccccc1)NC[C@@H]1CCCO1. The van der Waals surface area contributed by atoms with Crippen molar-refractivity contribution in [1.82, 2.24) is 25.0 Å². The van der Waals surface area contributed by atoms with Crippen LogP contribution >= 0.6 is 11.8 Å². The number of nitrogens with one attached hydrogen (secondary N) is 1. The number of likely N-dealkylation sites (tertiary alicyclic amines) is 1. The molecule has 0 aliphatic carbocycles. The molecule has 0 saturated carbocycles. The summed E-state index contributed by atoms with van der Waals surface area (Å²) in [5.74, 6) is 1.26. The van der Waals surface area contributed by atoms with Gasteiger partial charge in [0.05, 0.1) is 18.4 Å². The van der Waals surface area contributed by atoms with Crippen molar-refractivity contribution in [2.24, 2.45) is 0 Å². The number of piperidine rings is 1. The lowest BCUT2D eigenvalue weighted by Crippen LogP contribution is -2.33. The molecule has 29 heavy (non-hydrogen) atoms. The highest BCUT2D eigenvalue weighted by atomic mass is 32.2. The van der Waals surface area contributed by atoms with E-state index in [9.17, 15) is 4.79 Å². The molecule has 1 aromatic heterocycles. The lowest BCUT2D eigenvalue weighted by molar-refractivity contribution is -0.119. The molecule has 0 bridgehead atoms. The van der Waals surface area contributed by atoms with Crippen molar-refractivity contribution in [3.8, 4) is 5.69 Å². The lowest BCUT2D eigenvalue weighted by Gasteiger charge is -2.26. The Hall–Kier alpha value is -1.90. The van der Waals surface area contributed by atoms with Crippen LogP contribution < -0.4 is 5.32 Å². The quantitative estimate of drug-likeness (QED) is 0.669. The van der Waals surface area contributed by atoms with Crippen molar-refractivity contribution in [3.63, 3.8) is 0 Å². The third-order valence-electron chi connectivity index (χ3n) is 5.41. The number of para-hydroxylation sites is 1. The Bertz CT molecular complexity index is 786. The summed E-state index contributed by atoms with van der Waals surface area (Å²) in [4.78, 5) is 14.7. The van der Waals surface area contributed by atoms with Crippen molar-refractivity contribution in [3.05, 3.63) is 36.2 Å². The molecule has 156 valence electrons. The number of carbonyl (C=O) groups is 1. The van der Waals surface area contributed by atoms with Gasteiger partial charge in [0.1, 0.15) is 0 Å². The topological polar surface area (TPSA) is 72.3 Å². The van der Waals surface area contributed by atoms with E-state index in [4.69, 9.17) is 4.74 Å². The standard InChI is InChI=1S/C21H29N5O2S/c27-20(22-14-18-10-7-13-28-18)16-29-21-24-23-19(15-25-11-5-2-6-12-25)26(21)17-8-3-1-4-9-17/h1,3-4,8-9,18H,2,5-7,10-16H2,(H,22,27)/t18-/m0/s1. The molecule has 2 aliphatic rings. The smallest absolute Gasteiger partial charge is 0.230 e. The van der Waals surface area contributed by atoms with Crippen LogP contribution in [0, 0.1) is 0 Å². The highest BCUT2D eigenvalue weighted by Gasteiger charge is 2.20. The zero-order valence-electron chi connectivity index (χ0n) is 16.8. The molecular formula is C21H29N5O2S. The first-order chi connectivity index (χ1) is 14.3. The summed E-state index contributed by atoms with van der Waals surface area (Å²) in [6, 6.07) is 10.2. The van der Waals surface area contributed by atoms with Gasteiger partial charge >= 0.3 is 0 Å². The van der Waals surface area contributed by atoms with E-state index in [2.05, 4.69) is 37.1 Å². The molecule has 1 N–H and O–H groups in total. The summed E-state index contributed by atoms with van der Waals surface area (Å²) in [7, 11) is 0. The molecule has 0 radical (unpaired) electrons. The molecule has 0 spiro atoms. The van der Waals surface area contributed by atoms with E-state index in [-0.39, 0.29) is 12.0 Å². The summed E-state index contributed by atoms with van der Waals surface area (Å²) in [5.41, 5.74) is 1.03. The summed E-state index contributed by atoms with van der Waals surface area (Å²) >= 11 is 1.43. The molecule has 3 heterocycles. The largest absolute Gasteiger partial charge is 0.376 e. The van der Waals surface area contributed by atoms with Gasteiger partial charge < -0.3 is 10.1 Å². The molecular weight excluding hydrogens is 386 g/mol. The molecule has 4 rings (SSSR count). The average Bonchev–Trinajstić information content (AvgIpc) is 3.42. The molecule has 2 aliphatic heterocycles. The minimum absolute atomic E-state index is 0.00527. The van der Waals surface area contributed by atoms with Crippen LogP contribution in [0.1, 0.15) is 37.9 Å². The maximum atomic E-state index is 12.3. The van der Waals surface area contributed by atoms with E-state index < -0.39 is 0 Å². The van der Waals surface area contributed by atoms with E-state index in [1.807, 2.05) is 18.2 Å². The van der Waals surface area contributed by atoms with E-state index in [0.717, 1.165) is 55.8 Å². The lowest BCUT2D eigenvalue weighted by atomic mass is 10.1. The first kappa shape index (κ1) is 20.4. The predicted octanol–water partition coefficient (Wildman–Crippen LogP) is 2.64. The van der Waals surface area contributed by atoms with E-state index >= 15 is 0 Å². The van der Waals surface area contributed by atoms with Gasteiger partial charge in [-0.25, -0.2) is 0 Å². The number of carbonyl (C=O) groups excluding carboxylic acids is 1. The summed E-state index contributed by atoms with van der Waals surface area (Å²) < 4.78 is 7.66. The second kappa shape index (κ2) is 10.2. The molecule has 1 aromatic carbocycles. The average molecular weight is 416 g/mol. The third kappa shape index (κ3) is 5.58. The van der Waals surface area contributed by atoms with Crippen LogP contribution in [0.3, 0.4) is 0 Å². The van der Waals surface area contributed by atoms with Crippen LogP contribution in [0.5, 0.6) is 0 Å². The summed E-state index contributed by atoms with van der Waals surface area (Å²) in [5, 5.41) is 12.6. The summed E-state index contributed by atoms with van der Waals surface area (Å²) in [6.07, 6.45) is 6.06. The molecule has 1 amide bonds. The fourth-order valence-electron chi connectivity index (χ4n) is 3.86. The molecule has 2 saturated heterocycles. The maximum Gasteiger partial charge on any atom is 0.230 e. The number of amides is 1. The predicted molar refractivity (Wildman–Crippen MR) is 113 cm³/mol. The van der Waals surface area contributed by atoms with Crippen LogP contribution in [0.4, 0.5) is 0 Å². The number of ether oxygens (including phenoxy) is 1. The third-order valence-corrected chi connectivity index (χ3v) is 6.34. The van der Waals surface area contributed by atoms with Gasteiger partial charge in [-0.05, 0) is 50.9 Å². The van der Waals surface area contributed by atoms with Crippen molar-refractivity contribution in [2.45, 2.75) is 49.9 Å². The number of aromatic nitrogens is 3. The van der Waals surface area contributed by atoms with E-state index in [1.54, 1.807) is 0 Å². The first-order valence-corrected chi connectivity index (χ1v) is 11.5. The van der Waals surface area contributed by atoms with Gasteiger partial charge in [0, 0.05) is 18.8 Å². The molecule has 2 aromatic rings. The van der Waals surface area contributed by atoms with Crippen LogP contribution in [-0.4, -0.2) is 63.7 Å². The van der Waals surface area contributed by atoms with Gasteiger partial charge in [-0.15, -0.1) is 10.2 Å². The number of benzene rings is 1. The fraction of sp³-hybridized carbons (Fsp3) is 0.571. The first-order valence-electron chi connectivity index (χ1n) is 10.5. The zero-order valence-corrected chi connectivity index (χ0v) is 17.6. The fourth-order valence-corrected chi connectivity index (χ4v) is 4.66. The number of rotatable bonds is 8. The van der Waals surface area contributed by atoms with Gasteiger partial charge in [0.25, 0.3) is 0 Å². The molecule has 7 nitrogen and oxygen atoms in total. The summed E-state index contributed by atoms with van der Waals surface area (Å²) in [6.45, 7) is 4.39. The van der Waals surface area contributed by atoms with Crippen molar-refractivity contribution >= 4 is 17.7 Å². The number of hydrogen-bond donors (Lipinski definition) is 1. The normalized spacial score (nSPS) is 20.1. The Morgan fingerprint density at radius 1 is 1.14 bits per heavy atom. The van der Waals surface area contributed by atoms with Crippen molar-refractivity contribution < 1.29 is 9.53 Å². The van der Waals surface area contributed by atoms with Gasteiger partial charge in [-0.2, -0.15) is 0 Å². The second-order valence-corrected chi connectivity index (χ2v) is 8.58. The molecule has 0 unspecified atom stereocenters. The van der Waals surface area contributed by atoms with Gasteiger partial charge in [-0.1, -0.05) is 36.4 Å². The van der Waals surface area contributed by atoms with Gasteiger partial charge in [0.2, 0.25) is 5.91 Å². The van der Waals surface area contributed by atoms with Crippen LogP contribution in [-0.2, 0) is 16.1 Å². The van der Waals surface area contributed by atoms with Crippen molar-refractivity contribution in [2.75, 3.05) is 32.0 Å². The Balaban J connectivity index is 1.42. The van der Waals surface area contributed by atoms with Gasteiger partial charge in [0.15, 0.2) is 11.0 Å². The number of hydrogen-bond acceptors (Lipinski definition) is 6. The molecule has 8 heteroatoms. The monoisotopic (exact) mass is 415 g/mol. The Kier molecular flexibility index (Phi) is 7.18. The second-order valence-electron chi connectivity index (χ2n) is 7.63. The maximum absolute atomic E-state index is 12.3. The minimum Gasteiger partial charge on any atom is -0.376 e. The number of thioether (sulfide) groups is 1. The highest BCUT2D eigenvalue weighted by Crippen LogP contribution is 2.23. The number of nitrogens with zero attached hydrogens (tertiary/aromatic N) is 4.